The van der Waals surface area contributed by atoms with Crippen molar-refractivity contribution in [2.45, 2.75) is 38.0 Å². The van der Waals surface area contributed by atoms with E-state index in [-0.39, 0.29) is 0 Å². The highest BCUT2D eigenvalue weighted by molar-refractivity contribution is 6.35. The number of nitrogens with zero attached hydrogens (tertiary/aromatic N) is 1. The summed E-state index contributed by atoms with van der Waals surface area (Å²) in [6, 6.07) is 8.38. The molecule has 1 N–H and O–H groups in total. The maximum Gasteiger partial charge on any atom is 0.0761 e. The van der Waals surface area contributed by atoms with Crippen LogP contribution >= 0.6 is 11.6 Å². The van der Waals surface area contributed by atoms with E-state index in [1.54, 1.807) is 7.11 Å². The van der Waals surface area contributed by atoms with Crippen molar-refractivity contribution in [2.75, 3.05) is 7.11 Å². The zero-order chi connectivity index (χ0) is 13.9. The molecular formula is C16H19ClN2O. The second kappa shape index (κ2) is 6.08. The Hall–Kier alpha value is -1.16. The molecule has 0 aliphatic heterocycles. The molecule has 1 fully saturated rings. The molecule has 1 aliphatic rings. The lowest BCUT2D eigenvalue weighted by Gasteiger charge is -2.20. The SMILES string of the molecule is COC1CCCC1NCc1ccc(Cl)c2cccnc12. The predicted molar refractivity (Wildman–Crippen MR) is 82.0 cm³/mol. The first-order valence-corrected chi connectivity index (χ1v) is 7.45. The largest absolute Gasteiger partial charge is 0.380 e. The Balaban J connectivity index is 1.79. The Bertz CT molecular complexity index is 602. The van der Waals surface area contributed by atoms with E-state index in [9.17, 15) is 0 Å². The number of fused-ring (bicyclic) bond motifs is 1. The molecule has 4 heteroatoms. The van der Waals surface area contributed by atoms with Crippen LogP contribution in [0, 0.1) is 0 Å². The Labute approximate surface area is 124 Å². The molecule has 20 heavy (non-hydrogen) atoms. The number of hydrogen-bond donors (Lipinski definition) is 1. The zero-order valence-corrected chi connectivity index (χ0v) is 12.4. The monoisotopic (exact) mass is 290 g/mol. The van der Waals surface area contributed by atoms with E-state index in [0.717, 1.165) is 28.9 Å². The van der Waals surface area contributed by atoms with Gasteiger partial charge >= 0.3 is 0 Å². The van der Waals surface area contributed by atoms with Crippen LogP contribution in [0.4, 0.5) is 0 Å². The van der Waals surface area contributed by atoms with Crippen LogP contribution in [-0.2, 0) is 11.3 Å². The molecule has 1 heterocycles. The van der Waals surface area contributed by atoms with Crippen molar-refractivity contribution in [1.82, 2.24) is 10.3 Å². The number of methoxy groups -OCH3 is 1. The standard InChI is InChI=1S/C16H19ClN2O/c1-20-15-6-2-5-14(15)19-10-11-7-8-13(17)12-4-3-9-18-16(11)12/h3-4,7-9,14-15,19H,2,5-6,10H2,1H3. The minimum absolute atomic E-state index is 0.335. The van der Waals surface area contributed by atoms with Crippen LogP contribution in [0.3, 0.4) is 0 Å². The topological polar surface area (TPSA) is 34.1 Å². The highest BCUT2D eigenvalue weighted by Crippen LogP contribution is 2.26. The molecule has 0 radical (unpaired) electrons. The van der Waals surface area contributed by atoms with Gasteiger partial charge in [-0.1, -0.05) is 17.7 Å². The van der Waals surface area contributed by atoms with Gasteiger partial charge in [-0.3, -0.25) is 4.98 Å². The Morgan fingerprint density at radius 2 is 2.25 bits per heavy atom. The van der Waals surface area contributed by atoms with E-state index in [1.165, 1.54) is 18.4 Å². The average molecular weight is 291 g/mol. The lowest BCUT2D eigenvalue weighted by atomic mass is 10.1. The van der Waals surface area contributed by atoms with Crippen LogP contribution < -0.4 is 5.32 Å². The summed E-state index contributed by atoms with van der Waals surface area (Å²) in [6.07, 6.45) is 5.71. The Morgan fingerprint density at radius 3 is 3.10 bits per heavy atom. The lowest BCUT2D eigenvalue weighted by molar-refractivity contribution is 0.0847. The fraction of sp³-hybridized carbons (Fsp3) is 0.438. The van der Waals surface area contributed by atoms with E-state index < -0.39 is 0 Å². The smallest absolute Gasteiger partial charge is 0.0761 e. The molecule has 1 aromatic heterocycles. The fourth-order valence-electron chi connectivity index (χ4n) is 3.02. The van der Waals surface area contributed by atoms with Crippen molar-refractivity contribution in [1.29, 1.82) is 0 Å². The number of nitrogens with one attached hydrogen (secondary N) is 1. The van der Waals surface area contributed by atoms with E-state index in [0.29, 0.717) is 12.1 Å². The van der Waals surface area contributed by atoms with Gasteiger partial charge in [-0.2, -0.15) is 0 Å². The third kappa shape index (κ3) is 2.66. The number of pyridine rings is 1. The van der Waals surface area contributed by atoms with Crippen molar-refractivity contribution >= 4 is 22.5 Å². The van der Waals surface area contributed by atoms with Crippen LogP contribution in [0.25, 0.3) is 10.9 Å². The summed E-state index contributed by atoms with van der Waals surface area (Å²) in [7, 11) is 1.80. The Kier molecular flexibility index (Phi) is 4.20. The normalized spacial score (nSPS) is 22.5. The fourth-order valence-corrected chi connectivity index (χ4v) is 3.24. The van der Waals surface area contributed by atoms with Crippen molar-refractivity contribution in [3.63, 3.8) is 0 Å². The summed E-state index contributed by atoms with van der Waals surface area (Å²) in [4.78, 5) is 4.47. The van der Waals surface area contributed by atoms with Gasteiger partial charge in [-0.15, -0.1) is 0 Å². The molecule has 1 aliphatic carbocycles. The quantitative estimate of drug-likeness (QED) is 0.935. The predicted octanol–water partition coefficient (Wildman–Crippen LogP) is 3.55. The summed E-state index contributed by atoms with van der Waals surface area (Å²) < 4.78 is 5.52. The van der Waals surface area contributed by atoms with Gasteiger partial charge in [0.2, 0.25) is 0 Å². The summed E-state index contributed by atoms with van der Waals surface area (Å²) in [5.41, 5.74) is 2.17. The lowest BCUT2D eigenvalue weighted by Crippen LogP contribution is -2.36. The number of halogens is 1. The highest BCUT2D eigenvalue weighted by atomic mass is 35.5. The molecular weight excluding hydrogens is 272 g/mol. The van der Waals surface area contributed by atoms with Gasteiger partial charge in [0.1, 0.15) is 0 Å². The average Bonchev–Trinajstić information content (AvgIpc) is 2.94. The summed E-state index contributed by atoms with van der Waals surface area (Å²) in [5.74, 6) is 0. The summed E-state index contributed by atoms with van der Waals surface area (Å²) in [6.45, 7) is 0.801. The zero-order valence-electron chi connectivity index (χ0n) is 11.6. The minimum Gasteiger partial charge on any atom is -0.380 e. The molecule has 2 atom stereocenters. The van der Waals surface area contributed by atoms with E-state index in [2.05, 4.69) is 16.4 Å². The first kappa shape index (κ1) is 13.8. The molecule has 1 aromatic carbocycles. The van der Waals surface area contributed by atoms with Crippen LogP contribution in [-0.4, -0.2) is 24.2 Å². The van der Waals surface area contributed by atoms with E-state index >= 15 is 0 Å². The molecule has 1 saturated carbocycles. The van der Waals surface area contributed by atoms with Crippen LogP contribution in [0.5, 0.6) is 0 Å². The maximum absolute atomic E-state index is 6.22. The van der Waals surface area contributed by atoms with Gasteiger partial charge in [0, 0.05) is 36.3 Å². The van der Waals surface area contributed by atoms with Gasteiger partial charge in [0.15, 0.2) is 0 Å². The molecule has 106 valence electrons. The summed E-state index contributed by atoms with van der Waals surface area (Å²) in [5, 5.41) is 5.38. The molecule has 3 rings (SSSR count). The number of hydrogen-bond acceptors (Lipinski definition) is 3. The number of benzene rings is 1. The number of rotatable bonds is 4. The van der Waals surface area contributed by atoms with Crippen molar-refractivity contribution in [3.8, 4) is 0 Å². The molecule has 3 nitrogen and oxygen atoms in total. The van der Waals surface area contributed by atoms with Crippen molar-refractivity contribution in [2.24, 2.45) is 0 Å². The van der Waals surface area contributed by atoms with Gasteiger partial charge in [0.25, 0.3) is 0 Å². The van der Waals surface area contributed by atoms with E-state index in [4.69, 9.17) is 16.3 Å². The third-order valence-electron chi connectivity index (χ3n) is 4.11. The number of aromatic nitrogens is 1. The van der Waals surface area contributed by atoms with Gasteiger partial charge in [-0.25, -0.2) is 0 Å². The van der Waals surface area contributed by atoms with Gasteiger partial charge < -0.3 is 10.1 Å². The second-order valence-corrected chi connectivity index (χ2v) is 5.71. The molecule has 0 saturated heterocycles. The van der Waals surface area contributed by atoms with Crippen LogP contribution in [0.2, 0.25) is 5.02 Å². The van der Waals surface area contributed by atoms with E-state index in [1.807, 2.05) is 24.4 Å². The van der Waals surface area contributed by atoms with Gasteiger partial charge in [-0.05, 0) is 43.0 Å². The number of ether oxygens (including phenoxy) is 1. The molecule has 0 amide bonds. The molecule has 0 spiro atoms. The Morgan fingerprint density at radius 1 is 1.35 bits per heavy atom. The molecule has 2 aromatic rings. The highest BCUT2D eigenvalue weighted by Gasteiger charge is 2.26. The maximum atomic E-state index is 6.22. The van der Waals surface area contributed by atoms with Crippen molar-refractivity contribution < 1.29 is 4.74 Å². The molecule has 2 unspecified atom stereocenters. The summed E-state index contributed by atoms with van der Waals surface area (Å²) >= 11 is 6.22. The second-order valence-electron chi connectivity index (χ2n) is 5.30. The van der Waals surface area contributed by atoms with Crippen LogP contribution in [0.1, 0.15) is 24.8 Å². The van der Waals surface area contributed by atoms with Crippen molar-refractivity contribution in [3.05, 3.63) is 41.0 Å². The van der Waals surface area contributed by atoms with Gasteiger partial charge in [0.05, 0.1) is 11.6 Å². The third-order valence-corrected chi connectivity index (χ3v) is 4.44. The van der Waals surface area contributed by atoms with Crippen LogP contribution in [0.15, 0.2) is 30.5 Å². The first-order valence-electron chi connectivity index (χ1n) is 7.08. The minimum atomic E-state index is 0.335. The first-order chi connectivity index (χ1) is 9.79. The molecule has 0 bridgehead atoms.